The zero-order valence-corrected chi connectivity index (χ0v) is 13.1. The summed E-state index contributed by atoms with van der Waals surface area (Å²) in [6.45, 7) is 8.80. The summed E-state index contributed by atoms with van der Waals surface area (Å²) < 4.78 is 2.00. The Morgan fingerprint density at radius 3 is 2.67 bits per heavy atom. The van der Waals surface area contributed by atoms with Crippen LogP contribution < -0.4 is 0 Å². The molecule has 0 radical (unpaired) electrons. The van der Waals surface area contributed by atoms with Crippen molar-refractivity contribution in [2.45, 2.75) is 33.4 Å². The van der Waals surface area contributed by atoms with Crippen LogP contribution in [0.25, 0.3) is 11.0 Å². The molecule has 116 valence electrons. The van der Waals surface area contributed by atoms with Gasteiger partial charge in [-0.05, 0) is 43.7 Å². The van der Waals surface area contributed by atoms with E-state index in [4.69, 9.17) is 5.11 Å². The Morgan fingerprint density at radius 1 is 1.29 bits per heavy atom. The Kier molecular flexibility index (Phi) is 5.33. The van der Waals surface area contributed by atoms with E-state index in [0.717, 1.165) is 17.6 Å². The van der Waals surface area contributed by atoms with E-state index in [9.17, 15) is 5.11 Å². The summed E-state index contributed by atoms with van der Waals surface area (Å²) in [6.07, 6.45) is 1.31. The van der Waals surface area contributed by atoms with Gasteiger partial charge >= 0.3 is 0 Å². The number of imidazole rings is 1. The minimum atomic E-state index is -0.476. The van der Waals surface area contributed by atoms with Crippen LogP contribution in [0.4, 0.5) is 0 Å². The highest BCUT2D eigenvalue weighted by Gasteiger charge is 2.13. The van der Waals surface area contributed by atoms with Crippen molar-refractivity contribution in [1.29, 1.82) is 0 Å². The molecule has 2 rings (SSSR count). The molecule has 21 heavy (non-hydrogen) atoms. The number of benzene rings is 1. The van der Waals surface area contributed by atoms with Crippen LogP contribution >= 0.6 is 0 Å². The van der Waals surface area contributed by atoms with Crippen LogP contribution in [0.1, 0.15) is 18.1 Å². The second-order valence-electron chi connectivity index (χ2n) is 5.59. The molecule has 1 unspecified atom stereocenters. The molecule has 1 heterocycles. The van der Waals surface area contributed by atoms with Gasteiger partial charge in [-0.15, -0.1) is 0 Å². The quantitative estimate of drug-likeness (QED) is 0.808. The second-order valence-corrected chi connectivity index (χ2v) is 5.59. The van der Waals surface area contributed by atoms with Crippen molar-refractivity contribution in [3.05, 3.63) is 29.6 Å². The highest BCUT2D eigenvalue weighted by atomic mass is 16.3. The van der Waals surface area contributed by atoms with Crippen molar-refractivity contribution in [2.75, 3.05) is 26.2 Å². The third kappa shape index (κ3) is 3.81. The van der Waals surface area contributed by atoms with Gasteiger partial charge in [0.15, 0.2) is 0 Å². The molecule has 1 atom stereocenters. The van der Waals surface area contributed by atoms with Gasteiger partial charge in [0.25, 0.3) is 0 Å². The largest absolute Gasteiger partial charge is 0.395 e. The third-order valence-corrected chi connectivity index (χ3v) is 3.98. The zero-order valence-electron chi connectivity index (χ0n) is 13.1. The normalized spacial score (nSPS) is 13.2. The van der Waals surface area contributed by atoms with Crippen molar-refractivity contribution in [2.24, 2.45) is 0 Å². The van der Waals surface area contributed by atoms with Crippen molar-refractivity contribution in [1.82, 2.24) is 14.5 Å². The number of hydrogen-bond acceptors (Lipinski definition) is 4. The van der Waals surface area contributed by atoms with E-state index >= 15 is 0 Å². The summed E-state index contributed by atoms with van der Waals surface area (Å²) in [5.74, 6) is 0. The maximum atomic E-state index is 10.3. The van der Waals surface area contributed by atoms with Crippen LogP contribution in [-0.2, 0) is 6.54 Å². The molecule has 0 aliphatic carbocycles. The molecule has 0 spiro atoms. The molecule has 1 aromatic carbocycles. The summed E-state index contributed by atoms with van der Waals surface area (Å²) in [6, 6.07) is 4.20. The fraction of sp³-hybridized carbons (Fsp3) is 0.562. The minimum absolute atomic E-state index is 0.118. The van der Waals surface area contributed by atoms with Gasteiger partial charge in [0.1, 0.15) is 0 Å². The van der Waals surface area contributed by atoms with Crippen LogP contribution in [-0.4, -0.2) is 57.0 Å². The monoisotopic (exact) mass is 291 g/mol. The van der Waals surface area contributed by atoms with Gasteiger partial charge in [-0.25, -0.2) is 4.98 Å². The maximum Gasteiger partial charge on any atom is 0.0959 e. The van der Waals surface area contributed by atoms with Crippen molar-refractivity contribution >= 4 is 11.0 Å². The lowest BCUT2D eigenvalue weighted by atomic mass is 10.1. The van der Waals surface area contributed by atoms with E-state index in [0.29, 0.717) is 19.6 Å². The molecular weight excluding hydrogens is 266 g/mol. The first-order valence-corrected chi connectivity index (χ1v) is 7.48. The molecule has 2 aromatic rings. The third-order valence-electron chi connectivity index (χ3n) is 3.98. The standard InChI is InChI=1S/C16H25N3O2/c1-4-18(5-6-20)9-14(21)10-19-11-17-15-7-12(2)13(3)8-16(15)19/h7-8,11,14,20-21H,4-6,9-10H2,1-3H3. The van der Waals surface area contributed by atoms with E-state index in [2.05, 4.69) is 31.0 Å². The molecule has 0 bridgehead atoms. The number of fused-ring (bicyclic) bond motifs is 1. The summed E-state index contributed by atoms with van der Waals surface area (Å²) in [4.78, 5) is 6.45. The Bertz CT molecular complexity index is 594. The van der Waals surface area contributed by atoms with Crippen LogP contribution in [0, 0.1) is 13.8 Å². The molecule has 2 N–H and O–H groups in total. The van der Waals surface area contributed by atoms with Crippen molar-refractivity contribution < 1.29 is 10.2 Å². The molecule has 5 heteroatoms. The number of aliphatic hydroxyl groups is 2. The molecule has 0 aliphatic heterocycles. The minimum Gasteiger partial charge on any atom is -0.395 e. The molecule has 0 fully saturated rings. The van der Waals surface area contributed by atoms with E-state index in [1.807, 2.05) is 16.4 Å². The summed E-state index contributed by atoms with van der Waals surface area (Å²) in [5.41, 5.74) is 4.48. The van der Waals surface area contributed by atoms with Crippen LogP contribution in [0.15, 0.2) is 18.5 Å². The Labute approximate surface area is 125 Å². The molecule has 0 saturated heterocycles. The lowest BCUT2D eigenvalue weighted by Gasteiger charge is -2.23. The van der Waals surface area contributed by atoms with Crippen LogP contribution in [0.2, 0.25) is 0 Å². The smallest absolute Gasteiger partial charge is 0.0959 e. The summed E-state index contributed by atoms with van der Waals surface area (Å²) in [5, 5.41) is 19.3. The molecular formula is C16H25N3O2. The average Bonchev–Trinajstić information content (AvgIpc) is 2.81. The van der Waals surface area contributed by atoms with E-state index in [1.165, 1.54) is 11.1 Å². The Morgan fingerprint density at radius 2 is 2.00 bits per heavy atom. The van der Waals surface area contributed by atoms with Crippen molar-refractivity contribution in [3.8, 4) is 0 Å². The first-order chi connectivity index (χ1) is 10.0. The predicted molar refractivity (Wildman–Crippen MR) is 84.4 cm³/mol. The van der Waals surface area contributed by atoms with E-state index < -0.39 is 6.10 Å². The summed E-state index contributed by atoms with van der Waals surface area (Å²) >= 11 is 0. The average molecular weight is 291 g/mol. The van der Waals surface area contributed by atoms with Crippen molar-refractivity contribution in [3.63, 3.8) is 0 Å². The molecule has 0 aliphatic rings. The molecule has 0 amide bonds. The lowest BCUT2D eigenvalue weighted by Crippen LogP contribution is -2.36. The van der Waals surface area contributed by atoms with Crippen LogP contribution in [0.3, 0.4) is 0 Å². The summed E-state index contributed by atoms with van der Waals surface area (Å²) in [7, 11) is 0. The number of hydrogen-bond donors (Lipinski definition) is 2. The number of aliphatic hydroxyl groups excluding tert-OH is 2. The first kappa shape index (κ1) is 15.9. The van der Waals surface area contributed by atoms with Gasteiger partial charge in [-0.1, -0.05) is 6.92 Å². The predicted octanol–water partition coefficient (Wildman–Crippen LogP) is 1.33. The number of nitrogens with zero attached hydrogens (tertiary/aromatic N) is 3. The highest BCUT2D eigenvalue weighted by Crippen LogP contribution is 2.18. The van der Waals surface area contributed by atoms with Gasteiger partial charge in [-0.3, -0.25) is 4.90 Å². The molecule has 5 nitrogen and oxygen atoms in total. The van der Waals surface area contributed by atoms with Gasteiger partial charge in [0, 0.05) is 13.1 Å². The number of aryl methyl sites for hydroxylation is 2. The fourth-order valence-electron chi connectivity index (χ4n) is 2.56. The molecule has 1 aromatic heterocycles. The number of rotatable bonds is 7. The molecule has 0 saturated carbocycles. The van der Waals surface area contributed by atoms with E-state index in [1.54, 1.807) is 6.33 Å². The van der Waals surface area contributed by atoms with Gasteiger partial charge in [0.05, 0.1) is 36.6 Å². The first-order valence-electron chi connectivity index (χ1n) is 7.48. The van der Waals surface area contributed by atoms with Crippen LogP contribution in [0.5, 0.6) is 0 Å². The Hall–Kier alpha value is -1.43. The van der Waals surface area contributed by atoms with Gasteiger partial charge < -0.3 is 14.8 Å². The maximum absolute atomic E-state index is 10.3. The van der Waals surface area contributed by atoms with E-state index in [-0.39, 0.29) is 6.61 Å². The highest BCUT2D eigenvalue weighted by molar-refractivity contribution is 5.77. The lowest BCUT2D eigenvalue weighted by molar-refractivity contribution is 0.0911. The SMILES string of the molecule is CCN(CCO)CC(O)Cn1cnc2cc(C)c(C)cc21. The number of likely N-dealkylation sites (N-methyl/N-ethyl adjacent to an activating group) is 1. The number of aromatic nitrogens is 2. The Balaban J connectivity index is 2.10. The fourth-order valence-corrected chi connectivity index (χ4v) is 2.56. The van der Waals surface area contributed by atoms with Gasteiger partial charge in [0.2, 0.25) is 0 Å². The zero-order chi connectivity index (χ0) is 15.4. The van der Waals surface area contributed by atoms with Gasteiger partial charge in [-0.2, -0.15) is 0 Å². The topological polar surface area (TPSA) is 61.5 Å². The second kappa shape index (κ2) is 7.02.